The van der Waals surface area contributed by atoms with Crippen molar-refractivity contribution in [1.29, 1.82) is 0 Å². The highest BCUT2D eigenvalue weighted by atomic mass is 19.1. The van der Waals surface area contributed by atoms with Crippen LogP contribution in [0.15, 0.2) is 71.3 Å². The summed E-state index contributed by atoms with van der Waals surface area (Å²) in [4.78, 5) is 26.2. The van der Waals surface area contributed by atoms with Crippen LogP contribution in [0, 0.1) is 12.7 Å². The zero-order valence-corrected chi connectivity index (χ0v) is 26.8. The molecule has 1 fully saturated rings. The van der Waals surface area contributed by atoms with Crippen molar-refractivity contribution in [1.82, 2.24) is 15.0 Å². The summed E-state index contributed by atoms with van der Waals surface area (Å²) in [6.45, 7) is 7.97. The summed E-state index contributed by atoms with van der Waals surface area (Å²) in [7, 11) is 0.880. The molecule has 0 saturated carbocycles. The van der Waals surface area contributed by atoms with Gasteiger partial charge >= 0.3 is 13.1 Å². The van der Waals surface area contributed by atoms with Crippen LogP contribution in [0.3, 0.4) is 0 Å². The van der Waals surface area contributed by atoms with Gasteiger partial charge in [-0.05, 0) is 56.4 Å². The van der Waals surface area contributed by atoms with Crippen molar-refractivity contribution in [3.63, 3.8) is 0 Å². The smallest absolute Gasteiger partial charge is 0.457 e. The molecule has 9 nitrogen and oxygen atoms in total. The molecule has 11 heteroatoms. The van der Waals surface area contributed by atoms with Gasteiger partial charge in [-0.15, -0.1) is 0 Å². The number of amides is 1. The molecule has 46 heavy (non-hydrogen) atoms. The number of methoxy groups -OCH3 is 1. The van der Waals surface area contributed by atoms with Gasteiger partial charge in [0, 0.05) is 35.3 Å². The minimum Gasteiger partial charge on any atom is -0.469 e. The van der Waals surface area contributed by atoms with Gasteiger partial charge in [0.15, 0.2) is 5.76 Å². The molecule has 5 rings (SSSR count). The molecule has 1 N–H and O–H groups in total. The summed E-state index contributed by atoms with van der Waals surface area (Å²) in [6.07, 6.45) is 4.36. The molecule has 2 aromatic heterocycles. The van der Waals surface area contributed by atoms with E-state index < -0.39 is 7.12 Å². The first-order valence-electron chi connectivity index (χ1n) is 15.5. The number of ether oxygens (including phenoxy) is 1. The normalized spacial score (nSPS) is 16.7. The van der Waals surface area contributed by atoms with Gasteiger partial charge in [0.2, 0.25) is 0 Å². The Morgan fingerprint density at radius 2 is 1.83 bits per heavy atom. The van der Waals surface area contributed by atoms with Crippen molar-refractivity contribution in [2.24, 2.45) is 0 Å². The average Bonchev–Trinajstić information content (AvgIpc) is 3.64. The molecule has 2 atom stereocenters. The lowest BCUT2D eigenvalue weighted by Crippen LogP contribution is -2.41. The molecule has 3 heterocycles. The number of carbonyl (C=O) groups is 2. The van der Waals surface area contributed by atoms with Gasteiger partial charge in [-0.1, -0.05) is 60.6 Å². The Hall–Kier alpha value is -4.48. The first kappa shape index (κ1) is 32.9. The summed E-state index contributed by atoms with van der Waals surface area (Å²) >= 11 is 0. The van der Waals surface area contributed by atoms with Crippen LogP contribution in [0.5, 0.6) is 0 Å². The third-order valence-corrected chi connectivity index (χ3v) is 7.86. The van der Waals surface area contributed by atoms with E-state index in [9.17, 15) is 14.0 Å². The maximum absolute atomic E-state index is 14.2. The number of rotatable bonds is 11. The summed E-state index contributed by atoms with van der Waals surface area (Å²) in [5, 5.41) is 6.95. The van der Waals surface area contributed by atoms with E-state index in [-0.39, 0.29) is 48.9 Å². The molecule has 0 aliphatic carbocycles. The molecule has 0 radical (unpaired) electrons. The number of carbonyl (C=O) groups excluding carboxylic acids is 2. The number of nitrogens with one attached hydrogen (secondary N) is 1. The minimum absolute atomic E-state index is 0.122. The monoisotopic (exact) mass is 627 g/mol. The summed E-state index contributed by atoms with van der Waals surface area (Å²) in [6, 6.07) is 17.6. The fraction of sp³-hybridized carbons (Fsp3) is 0.343. The fourth-order valence-electron chi connectivity index (χ4n) is 5.80. The van der Waals surface area contributed by atoms with Crippen molar-refractivity contribution in [2.45, 2.75) is 71.7 Å². The number of nitrogens with zero attached hydrogens (tertiary/aromatic N) is 2. The van der Waals surface area contributed by atoms with E-state index in [1.165, 1.54) is 19.2 Å². The topological polar surface area (TPSA) is 105 Å². The zero-order valence-electron chi connectivity index (χ0n) is 26.8. The molecule has 2 aromatic carbocycles. The highest BCUT2D eigenvalue weighted by Crippen LogP contribution is 2.42. The highest BCUT2D eigenvalue weighted by molar-refractivity contribution is 6.44. The van der Waals surface area contributed by atoms with Crippen LogP contribution in [0.2, 0.25) is 6.32 Å². The molecule has 0 spiro atoms. The number of benzene rings is 2. The molecule has 1 amide bonds. The van der Waals surface area contributed by atoms with Crippen LogP contribution in [-0.4, -0.2) is 48.0 Å². The molecule has 0 unspecified atom stereocenters. The second-order valence-corrected chi connectivity index (χ2v) is 11.6. The van der Waals surface area contributed by atoms with Gasteiger partial charge in [-0.3, -0.25) is 9.59 Å². The molecule has 4 aromatic rings. The van der Waals surface area contributed by atoms with Gasteiger partial charge in [0.1, 0.15) is 11.5 Å². The highest BCUT2D eigenvalue weighted by Gasteiger charge is 2.34. The predicted molar refractivity (Wildman–Crippen MR) is 174 cm³/mol. The summed E-state index contributed by atoms with van der Waals surface area (Å²) in [5.41, 5.74) is 5.02. The maximum Gasteiger partial charge on any atom is 0.457 e. The molecule has 1 aliphatic rings. The van der Waals surface area contributed by atoms with Gasteiger partial charge in [0.05, 0.1) is 38.0 Å². The van der Waals surface area contributed by atoms with Crippen LogP contribution in [0.1, 0.15) is 67.3 Å². The van der Waals surface area contributed by atoms with Crippen LogP contribution >= 0.6 is 0 Å². The Bertz CT molecular complexity index is 1680. The van der Waals surface area contributed by atoms with E-state index in [4.69, 9.17) is 18.6 Å². The number of esters is 1. The molecule has 1 aliphatic heterocycles. The SMILES string of the molecule is CCB1O[C@@H](CC(=O)OC)C[C@H](/C=C/c2c(-c3ccc(F)cc3)c(-c3ccccc3)c(C(=O)NCc3cc(C)no3)n2C(C)C)O1. The average molecular weight is 628 g/mol. The van der Waals surface area contributed by atoms with Gasteiger partial charge in [0.25, 0.3) is 5.91 Å². The number of hydrogen-bond donors (Lipinski definition) is 1. The Kier molecular flexibility index (Phi) is 10.5. The predicted octanol–water partition coefficient (Wildman–Crippen LogP) is 7.03. The quantitative estimate of drug-likeness (QED) is 0.141. The van der Waals surface area contributed by atoms with Crippen molar-refractivity contribution in [3.8, 4) is 22.3 Å². The van der Waals surface area contributed by atoms with Crippen molar-refractivity contribution >= 4 is 25.1 Å². The molecule has 240 valence electrons. The van der Waals surface area contributed by atoms with E-state index in [1.54, 1.807) is 18.2 Å². The Morgan fingerprint density at radius 3 is 2.46 bits per heavy atom. The van der Waals surface area contributed by atoms with Gasteiger partial charge in [-0.25, -0.2) is 4.39 Å². The lowest BCUT2D eigenvalue weighted by atomic mass is 9.82. The number of halogens is 1. The Labute approximate surface area is 268 Å². The summed E-state index contributed by atoms with van der Waals surface area (Å²) < 4.78 is 38.6. The minimum atomic E-state index is -0.479. The fourth-order valence-corrected chi connectivity index (χ4v) is 5.80. The van der Waals surface area contributed by atoms with E-state index in [1.807, 2.05) is 74.7 Å². The lowest BCUT2D eigenvalue weighted by Gasteiger charge is -2.32. The Morgan fingerprint density at radius 1 is 1.11 bits per heavy atom. The molecule has 0 bridgehead atoms. The number of aryl methyl sites for hydroxylation is 1. The van der Waals surface area contributed by atoms with Crippen molar-refractivity contribution in [3.05, 3.63) is 95.4 Å². The largest absolute Gasteiger partial charge is 0.469 e. The van der Waals surface area contributed by atoms with Crippen LogP contribution in [0.4, 0.5) is 4.39 Å². The standard InChI is InChI=1S/C35H39BFN3O6/c1-6-36-44-27(19-28(45-36)20-31(41)43-5)16-17-30-32(25-12-14-26(37)15-13-25)33(24-10-8-7-9-11-24)34(40(30)22(2)3)35(42)38-21-29-18-23(4)39-46-29/h7-18,22,27-28H,6,19-21H2,1-5H3,(H,38,42)/b17-16+/t27-,28+/m0/s1. The lowest BCUT2D eigenvalue weighted by molar-refractivity contribution is -0.143. The second kappa shape index (κ2) is 14.7. The number of hydrogen-bond acceptors (Lipinski definition) is 7. The first-order valence-corrected chi connectivity index (χ1v) is 15.5. The van der Waals surface area contributed by atoms with Crippen LogP contribution < -0.4 is 5.32 Å². The Balaban J connectivity index is 1.66. The van der Waals surface area contributed by atoms with Crippen molar-refractivity contribution in [2.75, 3.05) is 7.11 Å². The van der Waals surface area contributed by atoms with Crippen LogP contribution in [0.25, 0.3) is 28.3 Å². The molecular formula is C35H39BFN3O6. The van der Waals surface area contributed by atoms with Crippen LogP contribution in [-0.2, 0) is 25.4 Å². The maximum atomic E-state index is 14.2. The zero-order chi connectivity index (χ0) is 32.8. The van der Waals surface area contributed by atoms with Gasteiger partial charge < -0.3 is 28.5 Å². The van der Waals surface area contributed by atoms with E-state index in [0.29, 0.717) is 24.2 Å². The third-order valence-electron chi connectivity index (χ3n) is 7.86. The molecule has 1 saturated heterocycles. The van der Waals surface area contributed by atoms with E-state index in [2.05, 4.69) is 10.5 Å². The molecular weight excluding hydrogens is 588 g/mol. The van der Waals surface area contributed by atoms with Gasteiger partial charge in [-0.2, -0.15) is 0 Å². The summed E-state index contributed by atoms with van der Waals surface area (Å²) in [5.74, 6) is -0.461. The van der Waals surface area contributed by atoms with E-state index in [0.717, 1.165) is 33.6 Å². The number of aromatic nitrogens is 2. The first-order chi connectivity index (χ1) is 22.2. The van der Waals surface area contributed by atoms with E-state index >= 15 is 0 Å². The third kappa shape index (κ3) is 7.49. The second-order valence-electron chi connectivity index (χ2n) is 11.6. The van der Waals surface area contributed by atoms with Crippen molar-refractivity contribution < 1.29 is 32.5 Å².